The highest BCUT2D eigenvalue weighted by Crippen LogP contribution is 2.04. The van der Waals surface area contributed by atoms with Gasteiger partial charge < -0.3 is 10.6 Å². The molecule has 1 saturated heterocycles. The second-order valence-corrected chi connectivity index (χ2v) is 2.20. The van der Waals surface area contributed by atoms with E-state index in [2.05, 4.69) is 0 Å². The van der Waals surface area contributed by atoms with E-state index in [1.165, 1.54) is 0 Å². The molecule has 0 aromatic heterocycles. The zero-order valence-corrected chi connectivity index (χ0v) is 5.02. The maximum absolute atomic E-state index is 7.26. The van der Waals surface area contributed by atoms with Crippen LogP contribution in [0.4, 0.5) is 0 Å². The first-order valence-electron chi connectivity index (χ1n) is 2.77. The van der Waals surface area contributed by atoms with Gasteiger partial charge in [0.05, 0.1) is 6.04 Å². The molecule has 3 heteroatoms. The minimum Gasteiger partial charge on any atom is -0.362 e. The van der Waals surface area contributed by atoms with Crippen molar-refractivity contribution >= 4 is 5.84 Å². The van der Waals surface area contributed by atoms with E-state index in [4.69, 9.17) is 11.1 Å². The first-order chi connectivity index (χ1) is 3.72. The van der Waals surface area contributed by atoms with Gasteiger partial charge in [0.2, 0.25) is 0 Å². The molecule has 1 rings (SSSR count). The number of amidine groups is 1. The molecule has 1 heterocycles. The van der Waals surface area contributed by atoms with Crippen molar-refractivity contribution in [1.29, 1.82) is 5.41 Å². The van der Waals surface area contributed by atoms with E-state index in [1.54, 1.807) is 0 Å². The molecule has 3 N–H and O–H groups in total. The molecule has 0 aromatic rings. The average molecular weight is 113 g/mol. The quantitative estimate of drug-likeness (QED) is 0.450. The largest absolute Gasteiger partial charge is 0.362 e. The Bertz CT molecular complexity index is 98.2. The lowest BCUT2D eigenvalue weighted by atomic mass is 10.3. The molecule has 0 radical (unpaired) electrons. The molecule has 8 heavy (non-hydrogen) atoms. The van der Waals surface area contributed by atoms with E-state index in [0.717, 1.165) is 13.0 Å². The van der Waals surface area contributed by atoms with Gasteiger partial charge in [-0.1, -0.05) is 0 Å². The zero-order valence-electron chi connectivity index (χ0n) is 5.02. The maximum Gasteiger partial charge on any atom is 0.113 e. The van der Waals surface area contributed by atoms with Crippen molar-refractivity contribution in [3.05, 3.63) is 0 Å². The van der Waals surface area contributed by atoms with Crippen LogP contribution in [0.25, 0.3) is 0 Å². The topological polar surface area (TPSA) is 53.1 Å². The lowest BCUT2D eigenvalue weighted by molar-refractivity contribution is 0.546. The van der Waals surface area contributed by atoms with E-state index in [1.807, 2.05) is 11.9 Å². The lowest BCUT2D eigenvalue weighted by Gasteiger charge is -2.09. The Hall–Kier alpha value is -0.570. The van der Waals surface area contributed by atoms with Crippen LogP contribution < -0.4 is 5.73 Å². The number of likely N-dealkylation sites (N-methyl/N-ethyl adjacent to an activating group) is 1. The summed E-state index contributed by atoms with van der Waals surface area (Å²) in [6, 6.07) is -0.000000000000000222. The molecule has 0 amide bonds. The molecule has 0 aromatic carbocycles. The van der Waals surface area contributed by atoms with Crippen molar-refractivity contribution in [3.8, 4) is 0 Å². The smallest absolute Gasteiger partial charge is 0.113 e. The van der Waals surface area contributed by atoms with Gasteiger partial charge in [-0.3, -0.25) is 5.41 Å². The third kappa shape index (κ3) is 0.690. The highest BCUT2D eigenvalue weighted by atomic mass is 15.2. The van der Waals surface area contributed by atoms with Gasteiger partial charge in [0.15, 0.2) is 0 Å². The lowest BCUT2D eigenvalue weighted by Crippen LogP contribution is -2.30. The molecule has 3 nitrogen and oxygen atoms in total. The second kappa shape index (κ2) is 1.74. The van der Waals surface area contributed by atoms with Gasteiger partial charge in [0, 0.05) is 13.6 Å². The summed E-state index contributed by atoms with van der Waals surface area (Å²) in [6.07, 6.45) is 0.940. The van der Waals surface area contributed by atoms with Crippen LogP contribution in [0.15, 0.2) is 0 Å². The van der Waals surface area contributed by atoms with Gasteiger partial charge in [-0.25, -0.2) is 0 Å². The molecule has 0 bridgehead atoms. The van der Waals surface area contributed by atoms with E-state index in [9.17, 15) is 0 Å². The molecule has 1 fully saturated rings. The zero-order chi connectivity index (χ0) is 6.15. The molecular formula is C5H11N3. The Labute approximate surface area is 49.0 Å². The number of nitrogens with two attached hydrogens (primary N) is 1. The van der Waals surface area contributed by atoms with Crippen molar-refractivity contribution in [3.63, 3.8) is 0 Å². The maximum atomic E-state index is 7.26. The van der Waals surface area contributed by atoms with E-state index in [0.29, 0.717) is 5.84 Å². The third-order valence-corrected chi connectivity index (χ3v) is 1.54. The number of likely N-dealkylation sites (tertiary alicyclic amines) is 1. The summed E-state index contributed by atoms with van der Waals surface area (Å²) in [6.45, 7) is 0.944. The third-order valence-electron chi connectivity index (χ3n) is 1.54. The predicted octanol–water partition coefficient (Wildman–Crippen LogP) is -0.374. The van der Waals surface area contributed by atoms with Gasteiger partial charge >= 0.3 is 0 Å². The molecule has 0 saturated carbocycles. The fraction of sp³-hybridized carbons (Fsp3) is 0.800. The van der Waals surface area contributed by atoms with Crippen LogP contribution in [-0.2, 0) is 0 Å². The first kappa shape index (κ1) is 5.56. The highest BCUT2D eigenvalue weighted by Gasteiger charge is 2.20. The summed E-state index contributed by atoms with van der Waals surface area (Å²) in [7, 11) is 1.90. The molecule has 1 unspecified atom stereocenters. The fourth-order valence-corrected chi connectivity index (χ4v) is 0.873. The monoisotopic (exact) mass is 113 g/mol. The van der Waals surface area contributed by atoms with Crippen molar-refractivity contribution in [1.82, 2.24) is 4.90 Å². The molecule has 46 valence electrons. The van der Waals surface area contributed by atoms with Gasteiger partial charge in [-0.15, -0.1) is 0 Å². The summed E-state index contributed by atoms with van der Waals surface area (Å²) in [4.78, 5) is 1.88. The van der Waals surface area contributed by atoms with Crippen molar-refractivity contribution in [2.45, 2.75) is 12.5 Å². The summed E-state index contributed by atoms with van der Waals surface area (Å²) in [5.41, 5.74) is 5.50. The Morgan fingerprint density at radius 3 is 2.62 bits per heavy atom. The number of hydrogen-bond acceptors (Lipinski definition) is 2. The molecule has 1 aliphatic heterocycles. The van der Waals surface area contributed by atoms with Crippen LogP contribution in [0.3, 0.4) is 0 Å². The number of hydrogen-bond donors (Lipinski definition) is 2. The summed E-state index contributed by atoms with van der Waals surface area (Å²) < 4.78 is 0. The van der Waals surface area contributed by atoms with Gasteiger partial charge in [-0.05, 0) is 6.42 Å². The van der Waals surface area contributed by atoms with E-state index >= 15 is 0 Å². The summed E-state index contributed by atoms with van der Waals surface area (Å²) in [5.74, 6) is 0.574. The van der Waals surface area contributed by atoms with Crippen LogP contribution in [-0.4, -0.2) is 30.4 Å². The van der Waals surface area contributed by atoms with Gasteiger partial charge in [0.25, 0.3) is 0 Å². The van der Waals surface area contributed by atoms with Gasteiger partial charge in [0.1, 0.15) is 5.84 Å². The van der Waals surface area contributed by atoms with E-state index in [-0.39, 0.29) is 6.04 Å². The van der Waals surface area contributed by atoms with Gasteiger partial charge in [-0.2, -0.15) is 0 Å². The number of nitrogens with one attached hydrogen (secondary N) is 1. The first-order valence-corrected chi connectivity index (χ1v) is 2.77. The summed E-state index contributed by atoms with van der Waals surface area (Å²) in [5, 5.41) is 7.26. The molecule has 0 spiro atoms. The van der Waals surface area contributed by atoms with Crippen LogP contribution in [0.2, 0.25) is 0 Å². The Balaban J connectivity index is 2.57. The van der Waals surface area contributed by atoms with Crippen molar-refractivity contribution in [2.75, 3.05) is 13.6 Å². The van der Waals surface area contributed by atoms with Crippen LogP contribution in [0, 0.1) is 5.41 Å². The average Bonchev–Trinajstić information content (AvgIpc) is 1.98. The fourth-order valence-electron chi connectivity index (χ4n) is 0.873. The normalized spacial score (nSPS) is 29.5. The van der Waals surface area contributed by atoms with Crippen LogP contribution in [0.1, 0.15) is 6.42 Å². The molecule has 1 aliphatic rings. The molecule has 0 aliphatic carbocycles. The molecule has 1 atom stereocenters. The van der Waals surface area contributed by atoms with Crippen molar-refractivity contribution in [2.24, 2.45) is 5.73 Å². The van der Waals surface area contributed by atoms with Crippen molar-refractivity contribution < 1.29 is 0 Å². The second-order valence-electron chi connectivity index (χ2n) is 2.20. The standard InChI is InChI=1S/C5H11N3/c1-8-3-2-4(6)5(8)7/h4,7H,2-3,6H2,1H3. The Kier molecular flexibility index (Phi) is 1.21. The minimum absolute atomic E-state index is 0.000000000000000222. The molecular weight excluding hydrogens is 102 g/mol. The predicted molar refractivity (Wildman–Crippen MR) is 32.9 cm³/mol. The Morgan fingerprint density at radius 1 is 1.88 bits per heavy atom. The van der Waals surface area contributed by atoms with E-state index < -0.39 is 0 Å². The van der Waals surface area contributed by atoms with Crippen LogP contribution in [0.5, 0.6) is 0 Å². The summed E-state index contributed by atoms with van der Waals surface area (Å²) >= 11 is 0. The SMILES string of the molecule is CN1CCC(N)C1=N. The Morgan fingerprint density at radius 2 is 2.50 bits per heavy atom. The minimum atomic E-state index is -0.000000000000000222. The highest BCUT2D eigenvalue weighted by molar-refractivity contribution is 5.85. The number of nitrogens with zero attached hydrogens (tertiary/aromatic N) is 1. The number of rotatable bonds is 0. The van der Waals surface area contributed by atoms with Crippen LogP contribution >= 0.6 is 0 Å².